The Bertz CT molecular complexity index is 787. The van der Waals surface area contributed by atoms with Crippen LogP contribution in [0.25, 0.3) is 0 Å². The summed E-state index contributed by atoms with van der Waals surface area (Å²) in [6.07, 6.45) is 6.48. The van der Waals surface area contributed by atoms with E-state index < -0.39 is 26.6 Å². The maximum Gasteiger partial charge on any atom is 0.246 e. The topological polar surface area (TPSA) is 57.7 Å². The lowest BCUT2D eigenvalue weighted by atomic mass is 9.93. The van der Waals surface area contributed by atoms with Crippen molar-refractivity contribution in [1.29, 1.82) is 0 Å². The van der Waals surface area contributed by atoms with E-state index in [2.05, 4.69) is 6.08 Å². The maximum absolute atomic E-state index is 13.8. The van der Waals surface area contributed by atoms with Gasteiger partial charge in [0.1, 0.15) is 16.5 Å². The van der Waals surface area contributed by atoms with E-state index in [0.29, 0.717) is 6.07 Å². The molecule has 25 heavy (non-hydrogen) atoms. The van der Waals surface area contributed by atoms with Gasteiger partial charge in [-0.2, -0.15) is 4.31 Å². The van der Waals surface area contributed by atoms with E-state index >= 15 is 0 Å². The molecule has 1 fully saturated rings. The molecule has 0 aromatic heterocycles. The number of piperazine rings is 1. The van der Waals surface area contributed by atoms with Gasteiger partial charge in [0.15, 0.2) is 0 Å². The zero-order chi connectivity index (χ0) is 18.0. The van der Waals surface area contributed by atoms with Crippen LogP contribution in [0.5, 0.6) is 0 Å². The Hall–Kier alpha value is -1.80. The van der Waals surface area contributed by atoms with Gasteiger partial charge in [-0.05, 0) is 31.4 Å². The second-order valence-corrected chi connectivity index (χ2v) is 8.19. The van der Waals surface area contributed by atoms with Crippen LogP contribution in [0.15, 0.2) is 35.2 Å². The summed E-state index contributed by atoms with van der Waals surface area (Å²) in [4.78, 5) is 13.6. The molecule has 0 saturated carbocycles. The molecule has 0 radical (unpaired) electrons. The number of hydrogen-bond acceptors (Lipinski definition) is 3. The van der Waals surface area contributed by atoms with Crippen LogP contribution < -0.4 is 0 Å². The van der Waals surface area contributed by atoms with Gasteiger partial charge in [-0.25, -0.2) is 17.2 Å². The van der Waals surface area contributed by atoms with Gasteiger partial charge in [0.25, 0.3) is 0 Å². The van der Waals surface area contributed by atoms with Crippen molar-refractivity contribution < 1.29 is 22.0 Å². The molecule has 1 saturated heterocycles. The van der Waals surface area contributed by atoms with Crippen molar-refractivity contribution >= 4 is 15.9 Å². The predicted octanol–water partition coefficient (Wildman–Crippen LogP) is 2.15. The molecule has 2 aliphatic rings. The van der Waals surface area contributed by atoms with Crippen LogP contribution in [-0.2, 0) is 14.8 Å². The lowest BCUT2D eigenvalue weighted by Gasteiger charge is -2.36. The summed E-state index contributed by atoms with van der Waals surface area (Å²) in [7, 11) is -4.04. The molecule has 1 aliphatic carbocycles. The molecule has 1 atom stereocenters. The summed E-state index contributed by atoms with van der Waals surface area (Å²) in [5.41, 5.74) is 0. The van der Waals surface area contributed by atoms with Crippen LogP contribution in [0, 0.1) is 17.6 Å². The largest absolute Gasteiger partial charge is 0.340 e. The first-order valence-corrected chi connectivity index (χ1v) is 9.72. The number of carbonyl (C=O) groups excluding carboxylic acids is 1. The second kappa shape index (κ2) is 7.21. The number of sulfonamides is 1. The van der Waals surface area contributed by atoms with Crippen molar-refractivity contribution in [2.45, 2.75) is 24.2 Å². The first-order valence-electron chi connectivity index (χ1n) is 8.28. The predicted molar refractivity (Wildman–Crippen MR) is 88.2 cm³/mol. The van der Waals surface area contributed by atoms with Gasteiger partial charge in [0, 0.05) is 38.2 Å². The van der Waals surface area contributed by atoms with Gasteiger partial charge in [-0.3, -0.25) is 4.79 Å². The minimum Gasteiger partial charge on any atom is -0.340 e. The molecule has 136 valence electrons. The lowest BCUT2D eigenvalue weighted by molar-refractivity contribution is -0.137. The van der Waals surface area contributed by atoms with Crippen molar-refractivity contribution in [3.8, 4) is 0 Å². The number of carbonyl (C=O) groups is 1. The highest BCUT2D eigenvalue weighted by molar-refractivity contribution is 7.89. The fourth-order valence-corrected chi connectivity index (χ4v) is 4.72. The quantitative estimate of drug-likeness (QED) is 0.766. The van der Waals surface area contributed by atoms with E-state index in [1.807, 2.05) is 6.08 Å². The minimum absolute atomic E-state index is 0.0392. The zero-order valence-electron chi connectivity index (χ0n) is 13.7. The molecule has 1 amide bonds. The van der Waals surface area contributed by atoms with Crippen LogP contribution in [0.2, 0.25) is 0 Å². The third-order valence-electron chi connectivity index (χ3n) is 4.68. The van der Waals surface area contributed by atoms with Gasteiger partial charge < -0.3 is 4.90 Å². The third kappa shape index (κ3) is 3.74. The van der Waals surface area contributed by atoms with Gasteiger partial charge >= 0.3 is 0 Å². The first-order chi connectivity index (χ1) is 11.9. The fraction of sp³-hybridized carbons (Fsp3) is 0.471. The average Bonchev–Trinajstić information content (AvgIpc) is 2.61. The summed E-state index contributed by atoms with van der Waals surface area (Å²) >= 11 is 0. The molecule has 8 heteroatoms. The van der Waals surface area contributed by atoms with Crippen LogP contribution in [0.1, 0.15) is 19.3 Å². The molecular weight excluding hydrogens is 350 g/mol. The smallest absolute Gasteiger partial charge is 0.246 e. The molecule has 0 spiro atoms. The van der Waals surface area contributed by atoms with Crippen LogP contribution in [0.3, 0.4) is 0 Å². The van der Waals surface area contributed by atoms with E-state index in [4.69, 9.17) is 0 Å². The second-order valence-electron chi connectivity index (χ2n) is 6.29. The van der Waals surface area contributed by atoms with Crippen molar-refractivity contribution in [2.75, 3.05) is 26.2 Å². The number of benzene rings is 1. The Kier molecular flexibility index (Phi) is 5.19. The molecule has 1 heterocycles. The molecular formula is C17H20F2N2O3S. The van der Waals surface area contributed by atoms with Crippen LogP contribution >= 0.6 is 0 Å². The Morgan fingerprint density at radius 2 is 1.80 bits per heavy atom. The Labute approximate surface area is 146 Å². The summed E-state index contributed by atoms with van der Waals surface area (Å²) in [6, 6.07) is 2.42. The molecule has 1 aromatic rings. The Morgan fingerprint density at radius 1 is 1.08 bits per heavy atom. The van der Waals surface area contributed by atoms with Gasteiger partial charge in [0.2, 0.25) is 15.9 Å². The van der Waals surface area contributed by atoms with Crippen molar-refractivity contribution in [1.82, 2.24) is 9.21 Å². The SMILES string of the molecule is O=C([C@H]1CC=CCC1)N1CCN(S(=O)(=O)c2ccc(F)cc2F)CC1. The Balaban J connectivity index is 1.67. The van der Waals surface area contributed by atoms with Gasteiger partial charge in [0.05, 0.1) is 0 Å². The van der Waals surface area contributed by atoms with Crippen molar-refractivity contribution in [2.24, 2.45) is 5.92 Å². The Morgan fingerprint density at radius 3 is 2.40 bits per heavy atom. The highest BCUT2D eigenvalue weighted by Gasteiger charge is 2.33. The number of hydrogen-bond donors (Lipinski definition) is 0. The van der Waals surface area contributed by atoms with Crippen molar-refractivity contribution in [3.63, 3.8) is 0 Å². The van der Waals surface area contributed by atoms with Crippen molar-refractivity contribution in [3.05, 3.63) is 42.0 Å². The first kappa shape index (κ1) is 18.0. The molecule has 0 N–H and O–H groups in total. The summed E-state index contributed by atoms with van der Waals surface area (Å²) in [5.74, 6) is -1.92. The highest BCUT2D eigenvalue weighted by atomic mass is 32.2. The molecule has 5 nitrogen and oxygen atoms in total. The molecule has 3 rings (SSSR count). The monoisotopic (exact) mass is 370 g/mol. The standard InChI is InChI=1S/C17H20F2N2O3S/c18-14-6-7-16(15(19)12-14)25(23,24)21-10-8-20(9-11-21)17(22)13-4-2-1-3-5-13/h1-2,6-7,12-13H,3-5,8-11H2/t13-/m0/s1. The van der Waals surface area contributed by atoms with E-state index in [1.54, 1.807) is 4.90 Å². The van der Waals surface area contributed by atoms with Gasteiger partial charge in [-0.1, -0.05) is 12.2 Å². The van der Waals surface area contributed by atoms with E-state index in [1.165, 1.54) is 0 Å². The molecule has 0 unspecified atom stereocenters. The van der Waals surface area contributed by atoms with Gasteiger partial charge in [-0.15, -0.1) is 0 Å². The summed E-state index contributed by atoms with van der Waals surface area (Å²) in [5, 5.41) is 0. The zero-order valence-corrected chi connectivity index (χ0v) is 14.5. The lowest BCUT2D eigenvalue weighted by Crippen LogP contribution is -2.52. The fourth-order valence-electron chi connectivity index (χ4n) is 3.25. The van der Waals surface area contributed by atoms with Crippen LogP contribution in [0.4, 0.5) is 8.78 Å². The number of amides is 1. The normalized spacial score (nSPS) is 22.2. The summed E-state index contributed by atoms with van der Waals surface area (Å²) < 4.78 is 53.1. The van der Waals surface area contributed by atoms with Crippen LogP contribution in [-0.4, -0.2) is 49.7 Å². The van der Waals surface area contributed by atoms with E-state index in [-0.39, 0.29) is 38.0 Å². The number of nitrogens with zero attached hydrogens (tertiary/aromatic N) is 2. The van der Waals surface area contributed by atoms with E-state index in [9.17, 15) is 22.0 Å². The highest BCUT2D eigenvalue weighted by Crippen LogP contribution is 2.24. The number of allylic oxidation sites excluding steroid dienone is 2. The maximum atomic E-state index is 13.8. The summed E-state index contributed by atoms with van der Waals surface area (Å²) in [6.45, 7) is 0.767. The third-order valence-corrected chi connectivity index (χ3v) is 6.61. The molecule has 0 bridgehead atoms. The number of halogens is 2. The van der Waals surface area contributed by atoms with E-state index in [0.717, 1.165) is 35.7 Å². The molecule has 1 aliphatic heterocycles. The number of rotatable bonds is 3. The minimum atomic E-state index is -4.04. The average molecular weight is 370 g/mol. The molecule has 1 aromatic carbocycles.